The molecule has 2 heterocycles. The minimum absolute atomic E-state index is 0.0555. The lowest BCUT2D eigenvalue weighted by Gasteiger charge is -2.28. The number of nitrogens with one attached hydrogen (secondary N) is 1. The van der Waals surface area contributed by atoms with Crippen molar-refractivity contribution in [1.82, 2.24) is 14.5 Å². The zero-order chi connectivity index (χ0) is 21.5. The van der Waals surface area contributed by atoms with Gasteiger partial charge < -0.3 is 10.1 Å². The first-order chi connectivity index (χ1) is 14.3. The molecule has 4 rings (SSSR count). The standard InChI is InChI=1S/C20H19N3O5S2/c1-13-7-9-14(10-8-13)17-16(18(24)22-11-12-28-20(22)25)21-19(29)23(17)30(26,27)15-5-3-2-4-6-15/h2-10,16-17H,11-12H2,1H3,(H,21,29)/t16-,17+/m1/s1. The van der Waals surface area contributed by atoms with Crippen LogP contribution in [0.5, 0.6) is 0 Å². The second-order valence-corrected chi connectivity index (χ2v) is 9.20. The molecule has 10 heteroatoms. The molecule has 0 aromatic heterocycles. The molecule has 0 unspecified atom stereocenters. The van der Waals surface area contributed by atoms with E-state index in [1.807, 2.05) is 19.1 Å². The van der Waals surface area contributed by atoms with Crippen molar-refractivity contribution in [2.45, 2.75) is 23.9 Å². The number of benzene rings is 2. The average molecular weight is 446 g/mol. The quantitative estimate of drug-likeness (QED) is 0.719. The monoisotopic (exact) mass is 445 g/mol. The van der Waals surface area contributed by atoms with Gasteiger partial charge in [0, 0.05) is 0 Å². The summed E-state index contributed by atoms with van der Waals surface area (Å²) >= 11 is 5.34. The van der Waals surface area contributed by atoms with E-state index in [1.165, 1.54) is 12.1 Å². The molecular weight excluding hydrogens is 426 g/mol. The molecule has 2 aliphatic heterocycles. The molecule has 0 radical (unpaired) electrons. The maximum absolute atomic E-state index is 13.4. The Morgan fingerprint density at radius 2 is 1.80 bits per heavy atom. The van der Waals surface area contributed by atoms with Gasteiger partial charge >= 0.3 is 6.09 Å². The third kappa shape index (κ3) is 3.41. The number of ether oxygens (including phenoxy) is 1. The molecule has 2 aliphatic rings. The summed E-state index contributed by atoms with van der Waals surface area (Å²) in [5.41, 5.74) is 1.56. The summed E-state index contributed by atoms with van der Waals surface area (Å²) in [6, 6.07) is 13.0. The van der Waals surface area contributed by atoms with Crippen LogP contribution in [-0.4, -0.2) is 53.9 Å². The number of carbonyl (C=O) groups excluding carboxylic acids is 2. The van der Waals surface area contributed by atoms with Crippen LogP contribution in [0.4, 0.5) is 4.79 Å². The molecule has 0 saturated carbocycles. The number of sulfonamides is 1. The van der Waals surface area contributed by atoms with Crippen LogP contribution in [0.15, 0.2) is 59.5 Å². The first-order valence-electron chi connectivity index (χ1n) is 9.25. The normalized spacial score (nSPS) is 21.5. The van der Waals surface area contributed by atoms with Crippen molar-refractivity contribution in [3.8, 4) is 0 Å². The van der Waals surface area contributed by atoms with Gasteiger partial charge in [-0.25, -0.2) is 22.4 Å². The number of imide groups is 1. The summed E-state index contributed by atoms with van der Waals surface area (Å²) in [5.74, 6) is -0.587. The van der Waals surface area contributed by atoms with Gasteiger partial charge in [0.2, 0.25) is 0 Å². The Kier molecular flexibility index (Phi) is 5.20. The van der Waals surface area contributed by atoms with Crippen LogP contribution in [0.25, 0.3) is 0 Å². The highest BCUT2D eigenvalue weighted by atomic mass is 32.2. The molecule has 2 fully saturated rings. The first-order valence-corrected chi connectivity index (χ1v) is 11.1. The average Bonchev–Trinajstić information content (AvgIpc) is 3.32. The number of hydrogen-bond donors (Lipinski definition) is 1. The Morgan fingerprint density at radius 3 is 2.40 bits per heavy atom. The molecule has 156 valence electrons. The SMILES string of the molecule is Cc1ccc([C@H]2[C@H](C(=O)N3CCOC3=O)NC(=S)N2S(=O)(=O)c2ccccc2)cc1. The lowest BCUT2D eigenvalue weighted by molar-refractivity contribution is -0.130. The first kappa shape index (κ1) is 20.3. The lowest BCUT2D eigenvalue weighted by Crippen LogP contribution is -2.47. The molecule has 1 N–H and O–H groups in total. The minimum atomic E-state index is -4.06. The molecule has 0 aliphatic carbocycles. The fourth-order valence-corrected chi connectivity index (χ4v) is 5.63. The molecule has 0 spiro atoms. The molecule has 2 saturated heterocycles. The van der Waals surface area contributed by atoms with Crippen LogP contribution in [0.1, 0.15) is 17.2 Å². The molecule has 2 atom stereocenters. The van der Waals surface area contributed by atoms with E-state index >= 15 is 0 Å². The number of cyclic esters (lactones) is 1. The van der Waals surface area contributed by atoms with Crippen molar-refractivity contribution in [1.29, 1.82) is 0 Å². The van der Waals surface area contributed by atoms with Gasteiger partial charge in [-0.05, 0) is 36.8 Å². The number of thiocarbonyl (C=S) groups is 1. The second-order valence-electron chi connectivity index (χ2n) is 7.00. The topological polar surface area (TPSA) is 96.0 Å². The molecule has 2 aromatic carbocycles. The number of amides is 2. The molecular formula is C20H19N3O5S2. The summed E-state index contributed by atoms with van der Waals surface area (Å²) in [7, 11) is -4.06. The Bertz CT molecular complexity index is 1100. The van der Waals surface area contributed by atoms with Crippen molar-refractivity contribution < 1.29 is 22.7 Å². The predicted octanol–water partition coefficient (Wildman–Crippen LogP) is 1.96. The Labute approximate surface area is 179 Å². The molecule has 2 aromatic rings. The lowest BCUT2D eigenvalue weighted by atomic mass is 9.99. The molecule has 2 amide bonds. The Morgan fingerprint density at radius 1 is 1.13 bits per heavy atom. The Balaban J connectivity index is 1.80. The number of carbonyl (C=O) groups is 2. The number of aryl methyl sites for hydroxylation is 1. The second kappa shape index (κ2) is 7.69. The highest BCUT2D eigenvalue weighted by Gasteiger charge is 2.50. The zero-order valence-electron chi connectivity index (χ0n) is 16.0. The number of rotatable bonds is 4. The van der Waals surface area contributed by atoms with Gasteiger partial charge in [0.1, 0.15) is 18.7 Å². The van der Waals surface area contributed by atoms with E-state index in [4.69, 9.17) is 17.0 Å². The van der Waals surface area contributed by atoms with Crippen molar-refractivity contribution in [3.63, 3.8) is 0 Å². The van der Waals surface area contributed by atoms with Crippen molar-refractivity contribution in [2.75, 3.05) is 13.2 Å². The summed E-state index contributed by atoms with van der Waals surface area (Å²) in [4.78, 5) is 26.1. The molecule has 0 bridgehead atoms. The van der Waals surface area contributed by atoms with Gasteiger partial charge in [-0.15, -0.1) is 0 Å². The summed E-state index contributed by atoms with van der Waals surface area (Å²) in [6.45, 7) is 2.11. The van der Waals surface area contributed by atoms with E-state index in [2.05, 4.69) is 5.32 Å². The highest BCUT2D eigenvalue weighted by molar-refractivity contribution is 7.91. The smallest absolute Gasteiger partial charge is 0.416 e. The fraction of sp³-hybridized carbons (Fsp3) is 0.250. The van der Waals surface area contributed by atoms with Crippen LogP contribution in [-0.2, 0) is 19.6 Å². The third-order valence-corrected chi connectivity index (χ3v) is 7.28. The van der Waals surface area contributed by atoms with Gasteiger partial charge in [-0.2, -0.15) is 0 Å². The van der Waals surface area contributed by atoms with E-state index in [0.717, 1.165) is 14.8 Å². The van der Waals surface area contributed by atoms with Gasteiger partial charge in [-0.3, -0.25) is 4.79 Å². The summed E-state index contributed by atoms with van der Waals surface area (Å²) < 4.78 is 32.8. The maximum Gasteiger partial charge on any atom is 0.416 e. The maximum atomic E-state index is 13.4. The van der Waals surface area contributed by atoms with E-state index in [0.29, 0.717) is 5.56 Å². The van der Waals surface area contributed by atoms with Gasteiger partial charge in [-0.1, -0.05) is 48.0 Å². The largest absolute Gasteiger partial charge is 0.447 e. The van der Waals surface area contributed by atoms with E-state index in [9.17, 15) is 18.0 Å². The van der Waals surface area contributed by atoms with Crippen molar-refractivity contribution in [3.05, 3.63) is 65.7 Å². The Hall–Kier alpha value is -2.98. The van der Waals surface area contributed by atoms with Gasteiger partial charge in [0.05, 0.1) is 11.4 Å². The zero-order valence-corrected chi connectivity index (χ0v) is 17.7. The summed E-state index contributed by atoms with van der Waals surface area (Å²) in [5, 5.41) is 2.72. The predicted molar refractivity (Wildman–Crippen MR) is 112 cm³/mol. The van der Waals surface area contributed by atoms with Crippen molar-refractivity contribution in [2.24, 2.45) is 0 Å². The van der Waals surface area contributed by atoms with Crippen molar-refractivity contribution >= 4 is 39.4 Å². The molecule has 30 heavy (non-hydrogen) atoms. The number of nitrogens with zero attached hydrogens (tertiary/aromatic N) is 2. The van der Waals surface area contributed by atoms with Crippen LogP contribution in [0.2, 0.25) is 0 Å². The van der Waals surface area contributed by atoms with Crippen LogP contribution < -0.4 is 5.32 Å². The van der Waals surface area contributed by atoms with Gasteiger partial charge in [0.15, 0.2) is 5.11 Å². The van der Waals surface area contributed by atoms with E-state index in [1.54, 1.807) is 30.3 Å². The van der Waals surface area contributed by atoms with E-state index in [-0.39, 0.29) is 23.2 Å². The third-order valence-electron chi connectivity index (χ3n) is 5.06. The van der Waals surface area contributed by atoms with E-state index < -0.39 is 34.1 Å². The minimum Gasteiger partial charge on any atom is -0.447 e. The number of hydrogen-bond acceptors (Lipinski definition) is 6. The fourth-order valence-electron chi connectivity index (χ4n) is 3.55. The highest BCUT2D eigenvalue weighted by Crippen LogP contribution is 2.36. The van der Waals surface area contributed by atoms with Gasteiger partial charge in [0.25, 0.3) is 15.9 Å². The molecule has 8 nitrogen and oxygen atoms in total. The summed E-state index contributed by atoms with van der Waals surface area (Å²) in [6.07, 6.45) is -0.750. The van der Waals surface area contributed by atoms with Crippen LogP contribution >= 0.6 is 12.2 Å². The van der Waals surface area contributed by atoms with Crippen LogP contribution in [0, 0.1) is 6.92 Å². The van der Waals surface area contributed by atoms with Crippen LogP contribution in [0.3, 0.4) is 0 Å².